The van der Waals surface area contributed by atoms with Crippen molar-refractivity contribution < 1.29 is 0 Å². The summed E-state index contributed by atoms with van der Waals surface area (Å²) in [5.74, 6) is 0.407. The van der Waals surface area contributed by atoms with Gasteiger partial charge in [0, 0.05) is 10.9 Å². The lowest BCUT2D eigenvalue weighted by molar-refractivity contribution is 0.741. The Hall–Kier alpha value is -1.31. The van der Waals surface area contributed by atoms with Gasteiger partial charge in [0.2, 0.25) is 0 Å². The quantitative estimate of drug-likeness (QED) is 0.853. The Labute approximate surface area is 106 Å². The maximum atomic E-state index is 6.10. The highest BCUT2D eigenvalue weighted by molar-refractivity contribution is 6.30. The number of hydrogen-bond acceptors (Lipinski definition) is 1. The number of benzene rings is 2. The fraction of sp³-hybridized carbons (Fsp3) is 0.200. The molecule has 1 nitrogen and oxygen atoms in total. The molecule has 0 heterocycles. The first kappa shape index (κ1) is 10.8. The smallest absolute Gasteiger partial charge is 0.0409 e. The first-order valence-corrected chi connectivity index (χ1v) is 6.28. The lowest BCUT2D eigenvalue weighted by Crippen LogP contribution is -2.06. The topological polar surface area (TPSA) is 26.0 Å². The summed E-state index contributed by atoms with van der Waals surface area (Å²) in [5, 5.41) is 0.804. The summed E-state index contributed by atoms with van der Waals surface area (Å²) in [4.78, 5) is 0. The van der Waals surface area contributed by atoms with E-state index in [1.165, 1.54) is 22.3 Å². The van der Waals surface area contributed by atoms with Crippen molar-refractivity contribution in [1.29, 1.82) is 0 Å². The minimum absolute atomic E-state index is 0.407. The molecule has 2 aromatic rings. The number of nitrogens with two attached hydrogens (primary N) is 1. The van der Waals surface area contributed by atoms with Gasteiger partial charge < -0.3 is 5.73 Å². The van der Waals surface area contributed by atoms with Crippen LogP contribution in [0.4, 0.5) is 0 Å². The van der Waals surface area contributed by atoms with Crippen molar-refractivity contribution in [2.24, 2.45) is 5.73 Å². The Balaban J connectivity index is 2.22. The Kier molecular flexibility index (Phi) is 2.65. The number of hydrogen-bond donors (Lipinski definition) is 1. The Bertz CT molecular complexity index is 563. The average molecular weight is 244 g/mol. The molecule has 0 aliphatic heterocycles. The lowest BCUT2D eigenvalue weighted by atomic mass is 9.94. The van der Waals surface area contributed by atoms with Gasteiger partial charge in [-0.1, -0.05) is 41.9 Å². The molecule has 2 N–H and O–H groups in total. The third-order valence-electron chi connectivity index (χ3n) is 3.47. The van der Waals surface area contributed by atoms with E-state index in [9.17, 15) is 0 Å². The van der Waals surface area contributed by atoms with Crippen molar-refractivity contribution in [3.8, 4) is 11.1 Å². The highest BCUT2D eigenvalue weighted by Crippen LogP contribution is 2.46. The van der Waals surface area contributed by atoms with Crippen LogP contribution in [0.1, 0.15) is 23.5 Å². The van der Waals surface area contributed by atoms with Gasteiger partial charge in [-0.3, -0.25) is 0 Å². The Morgan fingerprint density at radius 3 is 2.59 bits per heavy atom. The van der Waals surface area contributed by atoms with Crippen LogP contribution in [0, 0.1) is 0 Å². The second kappa shape index (κ2) is 4.17. The number of rotatable bonds is 2. The molecule has 3 rings (SSSR count). The van der Waals surface area contributed by atoms with Gasteiger partial charge in [-0.25, -0.2) is 0 Å². The van der Waals surface area contributed by atoms with Crippen molar-refractivity contribution >= 4 is 11.6 Å². The van der Waals surface area contributed by atoms with Crippen LogP contribution in [0.3, 0.4) is 0 Å². The van der Waals surface area contributed by atoms with E-state index in [0.29, 0.717) is 12.5 Å². The Morgan fingerprint density at radius 1 is 1.00 bits per heavy atom. The zero-order chi connectivity index (χ0) is 11.8. The first-order chi connectivity index (χ1) is 8.31. The zero-order valence-corrected chi connectivity index (χ0v) is 10.2. The highest BCUT2D eigenvalue weighted by Gasteiger charge is 2.27. The molecule has 2 heteroatoms. The summed E-state index contributed by atoms with van der Waals surface area (Å²) in [5.41, 5.74) is 11.1. The summed E-state index contributed by atoms with van der Waals surface area (Å²) in [6.45, 7) is 0.699. The summed E-state index contributed by atoms with van der Waals surface area (Å²) in [6.07, 6.45) is 0.977. The van der Waals surface area contributed by atoms with Gasteiger partial charge in [-0.2, -0.15) is 0 Å². The monoisotopic (exact) mass is 243 g/mol. The van der Waals surface area contributed by atoms with Gasteiger partial charge in [0.15, 0.2) is 0 Å². The van der Waals surface area contributed by atoms with Crippen molar-refractivity contribution in [2.45, 2.75) is 12.3 Å². The van der Waals surface area contributed by atoms with Gasteiger partial charge in [-0.15, -0.1) is 0 Å². The van der Waals surface area contributed by atoms with Crippen LogP contribution in [-0.4, -0.2) is 6.54 Å². The maximum Gasteiger partial charge on any atom is 0.0409 e. The van der Waals surface area contributed by atoms with Crippen LogP contribution < -0.4 is 5.73 Å². The molecule has 0 saturated carbocycles. The average Bonchev–Trinajstić information content (AvgIpc) is 2.65. The van der Waals surface area contributed by atoms with Gasteiger partial charge in [-0.05, 0) is 47.4 Å². The fourth-order valence-corrected chi connectivity index (χ4v) is 2.94. The van der Waals surface area contributed by atoms with Gasteiger partial charge in [0.05, 0.1) is 0 Å². The Morgan fingerprint density at radius 2 is 1.76 bits per heavy atom. The second-order valence-corrected chi connectivity index (χ2v) is 4.89. The minimum Gasteiger partial charge on any atom is -0.330 e. The van der Waals surface area contributed by atoms with Crippen LogP contribution in [0.2, 0.25) is 5.02 Å². The predicted octanol–water partition coefficient (Wildman–Crippen LogP) is 3.80. The fourth-order valence-electron chi connectivity index (χ4n) is 2.76. The molecule has 86 valence electrons. The third-order valence-corrected chi connectivity index (χ3v) is 3.71. The molecule has 1 unspecified atom stereocenters. The molecule has 0 spiro atoms. The third kappa shape index (κ3) is 1.67. The largest absolute Gasteiger partial charge is 0.330 e. The van der Waals surface area contributed by atoms with E-state index in [1.807, 2.05) is 6.07 Å². The van der Waals surface area contributed by atoms with Crippen molar-refractivity contribution in [1.82, 2.24) is 0 Å². The van der Waals surface area contributed by atoms with E-state index in [-0.39, 0.29) is 0 Å². The molecule has 0 bridgehead atoms. The summed E-state index contributed by atoms with van der Waals surface area (Å²) >= 11 is 6.10. The van der Waals surface area contributed by atoms with Gasteiger partial charge in [0.25, 0.3) is 0 Å². The van der Waals surface area contributed by atoms with Crippen LogP contribution in [-0.2, 0) is 0 Å². The molecule has 0 saturated heterocycles. The van der Waals surface area contributed by atoms with Crippen molar-refractivity contribution in [2.75, 3.05) is 6.54 Å². The molecular weight excluding hydrogens is 230 g/mol. The zero-order valence-electron chi connectivity index (χ0n) is 9.49. The molecule has 0 amide bonds. The predicted molar refractivity (Wildman–Crippen MR) is 72.4 cm³/mol. The summed E-state index contributed by atoms with van der Waals surface area (Å²) in [7, 11) is 0. The van der Waals surface area contributed by atoms with Crippen LogP contribution >= 0.6 is 11.6 Å². The summed E-state index contributed by atoms with van der Waals surface area (Å²) < 4.78 is 0. The molecule has 17 heavy (non-hydrogen) atoms. The summed E-state index contributed by atoms with van der Waals surface area (Å²) in [6, 6.07) is 14.7. The molecule has 1 atom stereocenters. The van der Waals surface area contributed by atoms with E-state index >= 15 is 0 Å². The lowest BCUT2D eigenvalue weighted by Gasteiger charge is -2.12. The normalized spacial score (nSPS) is 16.7. The number of fused-ring (bicyclic) bond motifs is 3. The molecule has 0 aromatic heterocycles. The molecule has 0 radical (unpaired) electrons. The number of halogens is 1. The van der Waals surface area contributed by atoms with Crippen LogP contribution in [0.25, 0.3) is 11.1 Å². The van der Waals surface area contributed by atoms with Crippen LogP contribution in [0.15, 0.2) is 42.5 Å². The molecule has 0 fully saturated rings. The highest BCUT2D eigenvalue weighted by atomic mass is 35.5. The second-order valence-electron chi connectivity index (χ2n) is 4.45. The standard InChI is InChI=1S/C15H14ClN/c16-10-5-6-13-11-3-1-2-4-12(11)14(7-8-17)15(13)9-10/h1-6,9,14H,7-8,17H2. The van der Waals surface area contributed by atoms with E-state index < -0.39 is 0 Å². The maximum absolute atomic E-state index is 6.10. The van der Waals surface area contributed by atoms with Crippen LogP contribution in [0.5, 0.6) is 0 Å². The van der Waals surface area contributed by atoms with Gasteiger partial charge >= 0.3 is 0 Å². The minimum atomic E-state index is 0.407. The molecular formula is C15H14ClN. The van der Waals surface area contributed by atoms with E-state index in [0.717, 1.165) is 11.4 Å². The van der Waals surface area contributed by atoms with Crippen molar-refractivity contribution in [3.05, 3.63) is 58.6 Å². The van der Waals surface area contributed by atoms with E-state index in [4.69, 9.17) is 17.3 Å². The molecule has 1 aliphatic carbocycles. The van der Waals surface area contributed by atoms with Gasteiger partial charge in [0.1, 0.15) is 0 Å². The molecule has 1 aliphatic rings. The van der Waals surface area contributed by atoms with E-state index in [1.54, 1.807) is 0 Å². The van der Waals surface area contributed by atoms with E-state index in [2.05, 4.69) is 36.4 Å². The first-order valence-electron chi connectivity index (χ1n) is 5.90. The molecule has 2 aromatic carbocycles. The van der Waals surface area contributed by atoms with Crippen molar-refractivity contribution in [3.63, 3.8) is 0 Å². The SMILES string of the molecule is NCCC1c2ccccc2-c2ccc(Cl)cc21.